The van der Waals surface area contributed by atoms with E-state index in [9.17, 15) is 14.0 Å². The number of nitrogens with one attached hydrogen (secondary N) is 1. The van der Waals surface area contributed by atoms with Crippen molar-refractivity contribution in [3.05, 3.63) is 76.0 Å². The lowest BCUT2D eigenvalue weighted by atomic mass is 10.1. The van der Waals surface area contributed by atoms with Gasteiger partial charge in [0.1, 0.15) is 12.4 Å². The number of benzene rings is 2. The second-order valence-electron chi connectivity index (χ2n) is 5.54. The molecule has 128 valence electrons. The SMILES string of the molecule is Cc1ccccc1CNC(=O)Cn1nc(-c2ccc(F)cc2)oc1=O. The van der Waals surface area contributed by atoms with Crippen molar-refractivity contribution in [2.24, 2.45) is 0 Å². The highest BCUT2D eigenvalue weighted by Gasteiger charge is 2.13. The van der Waals surface area contributed by atoms with Crippen molar-refractivity contribution in [3.8, 4) is 11.5 Å². The van der Waals surface area contributed by atoms with Gasteiger partial charge in [-0.25, -0.2) is 9.18 Å². The molecule has 0 saturated carbocycles. The summed E-state index contributed by atoms with van der Waals surface area (Å²) in [4.78, 5) is 23.9. The third-order valence-electron chi connectivity index (χ3n) is 3.73. The van der Waals surface area contributed by atoms with E-state index in [-0.39, 0.29) is 18.3 Å². The van der Waals surface area contributed by atoms with Crippen LogP contribution in [0.1, 0.15) is 11.1 Å². The second kappa shape index (κ2) is 7.12. The molecule has 0 saturated heterocycles. The Morgan fingerprint density at radius 3 is 2.64 bits per heavy atom. The van der Waals surface area contributed by atoms with Gasteiger partial charge in [0.25, 0.3) is 0 Å². The van der Waals surface area contributed by atoms with Crippen LogP contribution in [0, 0.1) is 12.7 Å². The number of amides is 1. The molecule has 0 bridgehead atoms. The van der Waals surface area contributed by atoms with Crippen LogP contribution in [-0.4, -0.2) is 15.7 Å². The number of halogens is 1. The van der Waals surface area contributed by atoms with Crippen LogP contribution in [-0.2, 0) is 17.9 Å². The van der Waals surface area contributed by atoms with E-state index in [4.69, 9.17) is 4.42 Å². The number of rotatable bonds is 5. The van der Waals surface area contributed by atoms with Gasteiger partial charge in [-0.15, -0.1) is 5.10 Å². The zero-order valence-corrected chi connectivity index (χ0v) is 13.5. The molecule has 0 spiro atoms. The molecule has 0 radical (unpaired) electrons. The van der Waals surface area contributed by atoms with Crippen LogP contribution in [0.4, 0.5) is 4.39 Å². The number of nitrogens with zero attached hydrogens (tertiary/aromatic N) is 2. The van der Waals surface area contributed by atoms with E-state index < -0.39 is 11.6 Å². The number of hydrogen-bond acceptors (Lipinski definition) is 4. The van der Waals surface area contributed by atoms with Gasteiger partial charge in [0.2, 0.25) is 11.8 Å². The quantitative estimate of drug-likeness (QED) is 0.772. The molecule has 0 aliphatic rings. The summed E-state index contributed by atoms with van der Waals surface area (Å²) in [6.45, 7) is 2.07. The predicted molar refractivity (Wildman–Crippen MR) is 89.2 cm³/mol. The fraction of sp³-hybridized carbons (Fsp3) is 0.167. The molecule has 1 N–H and O–H groups in total. The zero-order chi connectivity index (χ0) is 17.8. The van der Waals surface area contributed by atoms with Gasteiger partial charge in [-0.05, 0) is 42.3 Å². The third-order valence-corrected chi connectivity index (χ3v) is 3.73. The van der Waals surface area contributed by atoms with Crippen molar-refractivity contribution in [2.45, 2.75) is 20.0 Å². The maximum atomic E-state index is 12.9. The van der Waals surface area contributed by atoms with Gasteiger partial charge >= 0.3 is 5.76 Å². The van der Waals surface area contributed by atoms with Crippen molar-refractivity contribution >= 4 is 5.91 Å². The number of carbonyl (C=O) groups is 1. The lowest BCUT2D eigenvalue weighted by molar-refractivity contribution is -0.122. The second-order valence-corrected chi connectivity index (χ2v) is 5.54. The third kappa shape index (κ3) is 4.00. The Hall–Kier alpha value is -3.22. The Morgan fingerprint density at radius 2 is 1.92 bits per heavy atom. The Kier molecular flexibility index (Phi) is 4.74. The summed E-state index contributed by atoms with van der Waals surface area (Å²) in [5.41, 5.74) is 2.52. The smallest absolute Gasteiger partial charge is 0.388 e. The summed E-state index contributed by atoms with van der Waals surface area (Å²) >= 11 is 0. The monoisotopic (exact) mass is 341 g/mol. The van der Waals surface area contributed by atoms with Crippen LogP contribution in [0.5, 0.6) is 0 Å². The van der Waals surface area contributed by atoms with Crippen molar-refractivity contribution in [1.82, 2.24) is 15.1 Å². The molecule has 0 atom stereocenters. The standard InChI is InChI=1S/C18H16FN3O3/c1-12-4-2-3-5-14(12)10-20-16(23)11-22-18(24)25-17(21-22)13-6-8-15(19)9-7-13/h2-9H,10-11H2,1H3,(H,20,23). The molecular weight excluding hydrogens is 325 g/mol. The van der Waals surface area contributed by atoms with Crippen LogP contribution in [0.25, 0.3) is 11.5 Å². The zero-order valence-electron chi connectivity index (χ0n) is 13.5. The van der Waals surface area contributed by atoms with Gasteiger partial charge in [-0.2, -0.15) is 4.68 Å². The first-order valence-electron chi connectivity index (χ1n) is 7.68. The number of carbonyl (C=O) groups excluding carboxylic acids is 1. The summed E-state index contributed by atoms with van der Waals surface area (Å²) in [5, 5.41) is 6.72. The fourth-order valence-electron chi connectivity index (χ4n) is 2.31. The molecule has 0 aliphatic carbocycles. The van der Waals surface area contributed by atoms with Gasteiger partial charge in [0, 0.05) is 12.1 Å². The van der Waals surface area contributed by atoms with Gasteiger partial charge in [0.15, 0.2) is 0 Å². The Labute approximate surface area is 142 Å². The Morgan fingerprint density at radius 1 is 1.20 bits per heavy atom. The van der Waals surface area contributed by atoms with Gasteiger partial charge in [-0.1, -0.05) is 24.3 Å². The minimum Gasteiger partial charge on any atom is -0.388 e. The molecule has 0 unspecified atom stereocenters. The molecule has 0 aliphatic heterocycles. The van der Waals surface area contributed by atoms with E-state index in [0.717, 1.165) is 15.8 Å². The Balaban J connectivity index is 1.66. The van der Waals surface area contributed by atoms with Crippen molar-refractivity contribution in [3.63, 3.8) is 0 Å². The molecule has 2 aromatic carbocycles. The van der Waals surface area contributed by atoms with E-state index in [1.54, 1.807) is 0 Å². The van der Waals surface area contributed by atoms with Crippen LogP contribution in [0.3, 0.4) is 0 Å². The number of aryl methyl sites for hydroxylation is 1. The van der Waals surface area contributed by atoms with Crippen LogP contribution in [0.15, 0.2) is 57.7 Å². The predicted octanol–water partition coefficient (Wildman–Crippen LogP) is 2.27. The van der Waals surface area contributed by atoms with Gasteiger partial charge in [-0.3, -0.25) is 4.79 Å². The highest BCUT2D eigenvalue weighted by atomic mass is 19.1. The molecular formula is C18H16FN3O3. The molecule has 3 aromatic rings. The molecule has 1 amide bonds. The van der Waals surface area contributed by atoms with Crippen LogP contribution >= 0.6 is 0 Å². The molecule has 0 fully saturated rings. The van der Waals surface area contributed by atoms with E-state index in [1.165, 1.54) is 24.3 Å². The summed E-state index contributed by atoms with van der Waals surface area (Å²) in [6, 6.07) is 13.1. The van der Waals surface area contributed by atoms with E-state index in [2.05, 4.69) is 10.4 Å². The first-order valence-corrected chi connectivity index (χ1v) is 7.68. The lowest BCUT2D eigenvalue weighted by Crippen LogP contribution is -2.31. The van der Waals surface area contributed by atoms with Crippen molar-refractivity contribution < 1.29 is 13.6 Å². The first-order chi connectivity index (χ1) is 12.0. The molecule has 3 rings (SSSR count). The number of hydrogen-bond donors (Lipinski definition) is 1. The average molecular weight is 341 g/mol. The Bertz CT molecular complexity index is 945. The van der Waals surface area contributed by atoms with Gasteiger partial charge in [0.05, 0.1) is 0 Å². The molecule has 25 heavy (non-hydrogen) atoms. The minimum atomic E-state index is -0.745. The van der Waals surface area contributed by atoms with Crippen LogP contribution < -0.4 is 11.1 Å². The summed E-state index contributed by atoms with van der Waals surface area (Å²) < 4.78 is 18.9. The largest absolute Gasteiger partial charge is 0.437 e. The molecule has 1 aromatic heterocycles. The molecule has 1 heterocycles. The average Bonchev–Trinajstić information content (AvgIpc) is 2.95. The van der Waals surface area contributed by atoms with Crippen molar-refractivity contribution in [2.75, 3.05) is 0 Å². The molecule has 6 nitrogen and oxygen atoms in total. The first kappa shape index (κ1) is 16.6. The maximum Gasteiger partial charge on any atom is 0.437 e. The highest BCUT2D eigenvalue weighted by molar-refractivity contribution is 5.75. The van der Waals surface area contributed by atoms with Crippen molar-refractivity contribution in [1.29, 1.82) is 0 Å². The topological polar surface area (TPSA) is 77.1 Å². The lowest BCUT2D eigenvalue weighted by Gasteiger charge is -2.07. The van der Waals surface area contributed by atoms with E-state index in [1.807, 2.05) is 31.2 Å². The normalized spacial score (nSPS) is 10.6. The summed E-state index contributed by atoms with van der Waals surface area (Å²) in [5.74, 6) is -1.47. The van der Waals surface area contributed by atoms with E-state index in [0.29, 0.717) is 12.1 Å². The summed E-state index contributed by atoms with van der Waals surface area (Å²) in [7, 11) is 0. The number of aromatic nitrogens is 2. The fourth-order valence-corrected chi connectivity index (χ4v) is 2.31. The highest BCUT2D eigenvalue weighted by Crippen LogP contribution is 2.15. The summed E-state index contributed by atoms with van der Waals surface area (Å²) in [6.07, 6.45) is 0. The van der Waals surface area contributed by atoms with Crippen LogP contribution in [0.2, 0.25) is 0 Å². The molecule has 7 heteroatoms. The van der Waals surface area contributed by atoms with Gasteiger partial charge < -0.3 is 9.73 Å². The minimum absolute atomic E-state index is 0.0386. The maximum absolute atomic E-state index is 12.9. The van der Waals surface area contributed by atoms with E-state index >= 15 is 0 Å².